The summed E-state index contributed by atoms with van der Waals surface area (Å²) in [5.74, 6) is -2.39. The van der Waals surface area contributed by atoms with E-state index in [1.54, 1.807) is 24.3 Å². The molecule has 5 nitrogen and oxygen atoms in total. The first-order chi connectivity index (χ1) is 14.3. The van der Waals surface area contributed by atoms with Gasteiger partial charge < -0.3 is 5.11 Å². The van der Waals surface area contributed by atoms with Gasteiger partial charge in [0.25, 0.3) is 5.78 Å². The number of carbonyl (C=O) groups excluding carboxylic acids is 2. The van der Waals surface area contributed by atoms with Gasteiger partial charge in [0.15, 0.2) is 5.13 Å². The van der Waals surface area contributed by atoms with Gasteiger partial charge in [0.2, 0.25) is 0 Å². The van der Waals surface area contributed by atoms with Crippen LogP contribution in [0.2, 0.25) is 0 Å². The van der Waals surface area contributed by atoms with Crippen molar-refractivity contribution in [2.75, 3.05) is 4.90 Å². The molecule has 4 rings (SSSR count). The number of hydrogen-bond acceptors (Lipinski definition) is 5. The van der Waals surface area contributed by atoms with Crippen molar-refractivity contribution in [1.29, 1.82) is 0 Å². The lowest BCUT2D eigenvalue weighted by Gasteiger charge is -2.23. The fraction of sp³-hybridized carbons (Fsp3) is 0.136. The number of aromatic nitrogens is 1. The maximum atomic E-state index is 13.3. The average molecular weight is 487 g/mol. The van der Waals surface area contributed by atoms with Gasteiger partial charge in [0, 0.05) is 14.9 Å². The molecule has 8 heteroatoms. The van der Waals surface area contributed by atoms with Crippen LogP contribution < -0.4 is 4.90 Å². The number of benzene rings is 2. The molecule has 1 aliphatic rings. The smallest absolute Gasteiger partial charge is 0.301 e. The van der Waals surface area contributed by atoms with Crippen molar-refractivity contribution in [2.24, 2.45) is 0 Å². The third-order valence-electron chi connectivity index (χ3n) is 4.97. The Morgan fingerprint density at radius 1 is 1.10 bits per heavy atom. The van der Waals surface area contributed by atoms with Crippen molar-refractivity contribution in [2.45, 2.75) is 19.9 Å². The molecular formula is C22H16BrFN2O3S. The number of aryl methyl sites for hydroxylation is 2. The summed E-state index contributed by atoms with van der Waals surface area (Å²) in [7, 11) is 0. The monoisotopic (exact) mass is 486 g/mol. The van der Waals surface area contributed by atoms with Gasteiger partial charge in [-0.3, -0.25) is 14.5 Å². The van der Waals surface area contributed by atoms with Gasteiger partial charge in [-0.15, -0.1) is 11.3 Å². The van der Waals surface area contributed by atoms with Crippen LogP contribution in [0.3, 0.4) is 0 Å². The van der Waals surface area contributed by atoms with Crippen molar-refractivity contribution in [3.8, 4) is 0 Å². The van der Waals surface area contributed by atoms with Crippen LogP contribution in [0, 0.1) is 19.7 Å². The Kier molecular flexibility index (Phi) is 5.29. The third-order valence-corrected chi connectivity index (χ3v) is 6.57. The molecule has 1 N–H and O–H groups in total. The van der Waals surface area contributed by atoms with E-state index in [4.69, 9.17) is 0 Å². The highest BCUT2D eigenvalue weighted by atomic mass is 79.9. The van der Waals surface area contributed by atoms with E-state index in [9.17, 15) is 19.1 Å². The lowest BCUT2D eigenvalue weighted by Crippen LogP contribution is -2.29. The maximum Gasteiger partial charge on any atom is 0.301 e. The Hall–Kier alpha value is -2.84. The number of halogens is 2. The topological polar surface area (TPSA) is 70.5 Å². The van der Waals surface area contributed by atoms with Gasteiger partial charge in [-0.2, -0.15) is 0 Å². The molecule has 0 spiro atoms. The van der Waals surface area contributed by atoms with Gasteiger partial charge in [0.1, 0.15) is 11.6 Å². The molecule has 1 unspecified atom stereocenters. The standard InChI is InChI=1S/C22H16BrFN2O3S/c1-11-12(2)30-22(25-11)26-18(13-3-7-15(23)8-4-13)17(20(28)21(26)29)19(27)14-5-9-16(24)10-6-14/h3-10,18,27H,1-2H3/b19-17+. The summed E-state index contributed by atoms with van der Waals surface area (Å²) in [5, 5.41) is 11.3. The number of nitrogens with zero attached hydrogens (tertiary/aromatic N) is 2. The van der Waals surface area contributed by atoms with E-state index in [2.05, 4.69) is 20.9 Å². The molecule has 1 atom stereocenters. The summed E-state index contributed by atoms with van der Waals surface area (Å²) in [6.07, 6.45) is 0. The zero-order chi connectivity index (χ0) is 21.6. The predicted octanol–water partition coefficient (Wildman–Crippen LogP) is 5.29. The molecule has 0 bridgehead atoms. The summed E-state index contributed by atoms with van der Waals surface area (Å²) >= 11 is 4.69. The molecule has 3 aromatic rings. The van der Waals surface area contributed by atoms with Crippen LogP contribution in [0.1, 0.15) is 27.7 Å². The Labute approximate surface area is 184 Å². The Morgan fingerprint density at radius 2 is 1.73 bits per heavy atom. The van der Waals surface area contributed by atoms with E-state index >= 15 is 0 Å². The molecule has 1 fully saturated rings. The first kappa shape index (κ1) is 20.4. The van der Waals surface area contributed by atoms with E-state index in [-0.39, 0.29) is 16.9 Å². The van der Waals surface area contributed by atoms with Crippen molar-refractivity contribution >= 4 is 49.8 Å². The highest BCUT2D eigenvalue weighted by Crippen LogP contribution is 2.43. The number of aliphatic hydroxyl groups excluding tert-OH is 1. The Balaban J connectivity index is 1.94. The molecular weight excluding hydrogens is 471 g/mol. The zero-order valence-corrected chi connectivity index (χ0v) is 18.4. The summed E-state index contributed by atoms with van der Waals surface area (Å²) in [6, 6.07) is 11.4. The van der Waals surface area contributed by atoms with Crippen LogP contribution in [0.4, 0.5) is 9.52 Å². The number of amides is 1. The lowest BCUT2D eigenvalue weighted by atomic mass is 9.95. The van der Waals surface area contributed by atoms with Crippen molar-refractivity contribution in [1.82, 2.24) is 4.98 Å². The molecule has 1 aliphatic heterocycles. The minimum atomic E-state index is -0.854. The number of carbonyl (C=O) groups is 2. The summed E-state index contributed by atoms with van der Waals surface area (Å²) in [5.41, 5.74) is 1.61. The molecule has 152 valence electrons. The van der Waals surface area contributed by atoms with Gasteiger partial charge in [-0.1, -0.05) is 28.1 Å². The van der Waals surface area contributed by atoms with Gasteiger partial charge in [-0.05, 0) is 55.8 Å². The molecule has 2 aromatic carbocycles. The number of aliphatic hydroxyl groups is 1. The molecule has 1 aromatic heterocycles. The first-order valence-electron chi connectivity index (χ1n) is 9.04. The Morgan fingerprint density at radius 3 is 2.30 bits per heavy atom. The second kappa shape index (κ2) is 7.77. The number of Topliss-reactive ketones (excluding diaryl/α,β-unsaturated/α-hetero) is 1. The molecule has 0 radical (unpaired) electrons. The molecule has 2 heterocycles. The first-order valence-corrected chi connectivity index (χ1v) is 10.7. The minimum absolute atomic E-state index is 0.0561. The third kappa shape index (κ3) is 3.46. The molecule has 0 aliphatic carbocycles. The quantitative estimate of drug-likeness (QED) is 0.310. The van der Waals surface area contributed by atoms with E-state index in [0.717, 1.165) is 15.0 Å². The van der Waals surface area contributed by atoms with E-state index in [1.165, 1.54) is 40.5 Å². The van der Waals surface area contributed by atoms with Crippen LogP contribution in [-0.2, 0) is 9.59 Å². The van der Waals surface area contributed by atoms with Crippen molar-refractivity contribution in [3.63, 3.8) is 0 Å². The van der Waals surface area contributed by atoms with E-state index in [0.29, 0.717) is 10.7 Å². The highest BCUT2D eigenvalue weighted by Gasteiger charge is 2.48. The maximum absolute atomic E-state index is 13.3. The number of thiazole rings is 1. The number of anilines is 1. The van der Waals surface area contributed by atoms with Gasteiger partial charge >= 0.3 is 5.91 Å². The fourth-order valence-electron chi connectivity index (χ4n) is 3.31. The van der Waals surface area contributed by atoms with Crippen LogP contribution in [0.25, 0.3) is 5.76 Å². The molecule has 1 amide bonds. The molecule has 0 saturated carbocycles. The largest absolute Gasteiger partial charge is 0.507 e. The number of rotatable bonds is 3. The lowest BCUT2D eigenvalue weighted by molar-refractivity contribution is -0.132. The highest BCUT2D eigenvalue weighted by molar-refractivity contribution is 9.10. The van der Waals surface area contributed by atoms with Gasteiger partial charge in [-0.25, -0.2) is 9.37 Å². The van der Waals surface area contributed by atoms with Crippen LogP contribution in [0.5, 0.6) is 0 Å². The second-order valence-corrected chi connectivity index (χ2v) is 8.96. The van der Waals surface area contributed by atoms with Gasteiger partial charge in [0.05, 0.1) is 17.3 Å². The summed E-state index contributed by atoms with van der Waals surface area (Å²) < 4.78 is 14.2. The predicted molar refractivity (Wildman–Crippen MR) is 117 cm³/mol. The SMILES string of the molecule is Cc1nc(N2C(=O)C(=O)/C(=C(/O)c3ccc(F)cc3)C2c2ccc(Br)cc2)sc1C. The zero-order valence-electron chi connectivity index (χ0n) is 16.0. The van der Waals surface area contributed by atoms with Crippen LogP contribution >= 0.6 is 27.3 Å². The van der Waals surface area contributed by atoms with Crippen molar-refractivity contribution < 1.29 is 19.1 Å². The fourth-order valence-corrected chi connectivity index (χ4v) is 4.51. The molecule has 1 saturated heterocycles. The average Bonchev–Trinajstić information content (AvgIpc) is 3.18. The number of ketones is 1. The second-order valence-electron chi connectivity index (χ2n) is 6.87. The van der Waals surface area contributed by atoms with Crippen molar-refractivity contribution in [3.05, 3.63) is 86.1 Å². The van der Waals surface area contributed by atoms with E-state index < -0.39 is 23.5 Å². The van der Waals surface area contributed by atoms with Crippen LogP contribution in [-0.4, -0.2) is 21.8 Å². The minimum Gasteiger partial charge on any atom is -0.507 e. The Bertz CT molecular complexity index is 1170. The van der Waals surface area contributed by atoms with E-state index in [1.807, 2.05) is 13.8 Å². The summed E-state index contributed by atoms with van der Waals surface area (Å²) in [4.78, 5) is 32.7. The normalized spacial score (nSPS) is 18.3. The van der Waals surface area contributed by atoms with Crippen LogP contribution in [0.15, 0.2) is 58.6 Å². The summed E-state index contributed by atoms with van der Waals surface area (Å²) in [6.45, 7) is 3.72. The number of hydrogen-bond donors (Lipinski definition) is 1. The molecule has 30 heavy (non-hydrogen) atoms.